The molecule has 6 bridgehead atoms. The fourth-order valence-electron chi connectivity index (χ4n) is 12.0. The Morgan fingerprint density at radius 3 is 2.69 bits per heavy atom. The van der Waals surface area contributed by atoms with Crippen LogP contribution < -0.4 is 10.6 Å². The third-order valence-corrected chi connectivity index (χ3v) is 15.0. The van der Waals surface area contributed by atoms with E-state index in [-0.39, 0.29) is 48.3 Å². The van der Waals surface area contributed by atoms with Gasteiger partial charge in [-0.1, -0.05) is 84.0 Å². The van der Waals surface area contributed by atoms with Gasteiger partial charge >= 0.3 is 0 Å². The average Bonchev–Trinajstić information content (AvgIpc) is 3.58. The van der Waals surface area contributed by atoms with Gasteiger partial charge in [-0.25, -0.2) is 0 Å². The molecule has 1 aromatic carbocycles. The van der Waals surface area contributed by atoms with Crippen molar-refractivity contribution in [2.75, 3.05) is 53.9 Å². The summed E-state index contributed by atoms with van der Waals surface area (Å²) in [6, 6.07) is 9.02. The molecule has 59 heavy (non-hydrogen) atoms. The van der Waals surface area contributed by atoms with Gasteiger partial charge in [-0.3, -0.25) is 4.79 Å². The smallest absolute Gasteiger partial charge is 0.145 e. The van der Waals surface area contributed by atoms with Gasteiger partial charge in [-0.2, -0.15) is 0 Å². The molecule has 9 nitrogen and oxygen atoms in total. The molecule has 6 N–H and O–H groups in total. The molecule has 1 heterocycles. The highest BCUT2D eigenvalue weighted by atomic mass is 16.6. The van der Waals surface area contributed by atoms with Crippen LogP contribution in [0.5, 0.6) is 0 Å². The molecule has 6 rings (SSSR count). The Morgan fingerprint density at radius 1 is 1.14 bits per heavy atom. The molecule has 0 unspecified atom stereocenters. The van der Waals surface area contributed by atoms with Gasteiger partial charge in [-0.15, -0.1) is 0 Å². The number of fused-ring (bicyclic) bond motifs is 6. The predicted octanol–water partition coefficient (Wildman–Crippen LogP) is 6.34. The minimum absolute atomic E-state index is 0.0338. The third kappa shape index (κ3) is 9.74. The summed E-state index contributed by atoms with van der Waals surface area (Å²) in [4.78, 5) is 12.4. The van der Waals surface area contributed by atoms with Crippen molar-refractivity contribution < 1.29 is 34.7 Å². The second-order valence-electron chi connectivity index (χ2n) is 18.6. The number of aldehydes is 1. The number of carbonyl (C=O) groups is 1. The van der Waals surface area contributed by atoms with Gasteiger partial charge in [0, 0.05) is 49.7 Å². The summed E-state index contributed by atoms with van der Waals surface area (Å²) in [6.45, 7) is 10.6. The topological polar surface area (TPSA) is 141 Å². The number of allylic oxidation sites excluding steroid dienone is 9. The van der Waals surface area contributed by atoms with E-state index in [4.69, 9.17) is 9.47 Å². The largest absolute Gasteiger partial charge is 0.396 e. The zero-order valence-corrected chi connectivity index (χ0v) is 36.1. The van der Waals surface area contributed by atoms with Gasteiger partial charge in [0.1, 0.15) is 13.1 Å². The first-order valence-corrected chi connectivity index (χ1v) is 22.2. The van der Waals surface area contributed by atoms with Crippen LogP contribution in [0.4, 0.5) is 0 Å². The van der Waals surface area contributed by atoms with Crippen molar-refractivity contribution >= 4 is 6.29 Å². The minimum atomic E-state index is -1.23. The van der Waals surface area contributed by atoms with Crippen LogP contribution in [-0.2, 0) is 27.1 Å². The Labute approximate surface area is 353 Å². The Morgan fingerprint density at radius 2 is 1.95 bits per heavy atom. The lowest BCUT2D eigenvalue weighted by Gasteiger charge is -2.61. The lowest BCUT2D eigenvalue weighted by Crippen LogP contribution is -2.65. The number of aliphatic hydroxyl groups excluding tert-OH is 3. The molecule has 9 heteroatoms. The van der Waals surface area contributed by atoms with Crippen LogP contribution in [0.15, 0.2) is 95.2 Å². The fraction of sp³-hybridized carbons (Fsp3) is 0.620. The molecule has 0 saturated heterocycles. The number of hydrogen-bond acceptors (Lipinski definition) is 9. The maximum atomic E-state index is 12.9. The first-order chi connectivity index (χ1) is 28.5. The molecule has 324 valence electrons. The SMILES string of the molecule is C=C(C=CC=C(COCO)[C@@H]1CC[C@]2([C@@H]1O)[C@@H]1C(=C(C)C=O)[C@H](C=C[C@H]1CCO)C[C@]2(O)CCNC)[C@H]1Cc2cccc(c2)C[C@@](C)(CCOC)NCC2=C[C@@H]1CCC2. The molecule has 1 spiro atoms. The summed E-state index contributed by atoms with van der Waals surface area (Å²) < 4.78 is 11.2. The lowest BCUT2D eigenvalue weighted by molar-refractivity contribution is -0.194. The lowest BCUT2D eigenvalue weighted by atomic mass is 9.45. The van der Waals surface area contributed by atoms with Crippen LogP contribution in [0.25, 0.3) is 0 Å². The molecule has 1 aliphatic heterocycles. The monoisotopic (exact) mass is 813 g/mol. The predicted molar refractivity (Wildman–Crippen MR) is 234 cm³/mol. The van der Waals surface area contributed by atoms with E-state index < -0.39 is 23.9 Å². The summed E-state index contributed by atoms with van der Waals surface area (Å²) in [7, 11) is 3.64. The fourth-order valence-corrected chi connectivity index (χ4v) is 12.0. The van der Waals surface area contributed by atoms with Crippen LogP contribution in [0.3, 0.4) is 0 Å². The number of rotatable bonds is 16. The zero-order chi connectivity index (χ0) is 42.2. The third-order valence-electron chi connectivity index (χ3n) is 15.0. The van der Waals surface area contributed by atoms with E-state index in [0.29, 0.717) is 56.7 Å². The Balaban J connectivity index is 1.32. The second-order valence-corrected chi connectivity index (χ2v) is 18.6. The summed E-state index contributed by atoms with van der Waals surface area (Å²) in [5.41, 5.74) is 5.35. The molecular weight excluding hydrogens is 741 g/mol. The van der Waals surface area contributed by atoms with Crippen LogP contribution in [0.1, 0.15) is 82.8 Å². The number of ether oxygens (including phenoxy) is 2. The van der Waals surface area contributed by atoms with E-state index in [9.17, 15) is 25.2 Å². The highest BCUT2D eigenvalue weighted by Gasteiger charge is 2.68. The van der Waals surface area contributed by atoms with Gasteiger partial charge in [0.05, 0.1) is 18.3 Å². The second kappa shape index (κ2) is 20.3. The van der Waals surface area contributed by atoms with Crippen molar-refractivity contribution in [2.45, 2.75) is 102 Å². The van der Waals surface area contributed by atoms with E-state index in [1.807, 2.05) is 26.1 Å². The maximum Gasteiger partial charge on any atom is 0.145 e. The van der Waals surface area contributed by atoms with Crippen LogP contribution in [-0.4, -0.2) is 97.8 Å². The van der Waals surface area contributed by atoms with Gasteiger partial charge in [-0.05, 0) is 144 Å². The van der Waals surface area contributed by atoms with Crippen molar-refractivity contribution in [3.05, 3.63) is 106 Å². The number of aliphatic hydroxyl groups is 4. The summed E-state index contributed by atoms with van der Waals surface area (Å²) in [5.74, 6) is -0.381. The van der Waals surface area contributed by atoms with E-state index in [2.05, 4.69) is 72.7 Å². The molecular formula is C50H72N2O7. The number of benzene rings is 1. The number of methoxy groups -OCH3 is 1. The highest BCUT2D eigenvalue weighted by molar-refractivity contribution is 5.74. The molecule has 4 aliphatic carbocycles. The standard InChI is InChI=1S/C50H72N2O7/c1-34(44-27-36-10-7-11-37(25-36)28-48(3,21-24-58-5)52-30-38-12-8-13-40(44)26-38)9-6-14-42(32-59-33-55)43-17-19-50(47(43)56)46-39(18-23-53)15-16-41(45(46)35(2)31-54)29-49(50,57)20-22-51-4/h6-7,9-11,14-16,25-26,31,39-41,43-44,46-47,51-53,55-57H,1,8,12-13,17-24,27-30,32-33H2,2-5H3/t39-,40-,41+,43-,44+,46-,47+,48+,49+,50+/m0/s1. The zero-order valence-electron chi connectivity index (χ0n) is 36.1. The van der Waals surface area contributed by atoms with Crippen molar-refractivity contribution in [3.8, 4) is 0 Å². The maximum absolute atomic E-state index is 12.9. The number of hydrogen-bond donors (Lipinski definition) is 6. The normalized spacial score (nSPS) is 35.6. The number of nitrogens with one attached hydrogen (secondary N) is 2. The van der Waals surface area contributed by atoms with Gasteiger partial charge in [0.15, 0.2) is 0 Å². The molecule has 2 saturated carbocycles. The Hall–Kier alpha value is -2.99. The number of carbonyl (C=O) groups excluding carboxylic acids is 1. The van der Waals surface area contributed by atoms with Crippen LogP contribution in [0, 0.1) is 40.9 Å². The highest BCUT2D eigenvalue weighted by Crippen LogP contribution is 2.67. The Kier molecular flexibility index (Phi) is 15.6. The molecule has 5 aliphatic rings. The van der Waals surface area contributed by atoms with Crippen LogP contribution >= 0.6 is 0 Å². The molecule has 1 aromatic rings. The first kappa shape index (κ1) is 45.5. The van der Waals surface area contributed by atoms with Crippen molar-refractivity contribution in [1.29, 1.82) is 0 Å². The first-order valence-electron chi connectivity index (χ1n) is 22.2. The quantitative estimate of drug-likeness (QED) is 0.0372. The molecule has 0 aromatic heterocycles. The van der Waals surface area contributed by atoms with Crippen molar-refractivity contribution in [1.82, 2.24) is 10.6 Å². The molecule has 2 fully saturated rings. The average molecular weight is 813 g/mol. The van der Waals surface area contributed by atoms with E-state index in [1.165, 1.54) is 16.7 Å². The van der Waals surface area contributed by atoms with Gasteiger partial charge in [0.25, 0.3) is 0 Å². The van der Waals surface area contributed by atoms with E-state index in [0.717, 1.165) is 68.1 Å². The van der Waals surface area contributed by atoms with E-state index in [1.54, 1.807) is 7.11 Å². The molecule has 10 atom stereocenters. The molecule has 0 amide bonds. The van der Waals surface area contributed by atoms with Gasteiger partial charge in [0.2, 0.25) is 0 Å². The molecule has 0 radical (unpaired) electrons. The summed E-state index contributed by atoms with van der Waals surface area (Å²) >= 11 is 0. The van der Waals surface area contributed by atoms with Crippen LogP contribution in [0.2, 0.25) is 0 Å². The van der Waals surface area contributed by atoms with Crippen molar-refractivity contribution in [3.63, 3.8) is 0 Å². The minimum Gasteiger partial charge on any atom is -0.396 e. The summed E-state index contributed by atoms with van der Waals surface area (Å²) in [6.07, 6.45) is 21.5. The van der Waals surface area contributed by atoms with E-state index >= 15 is 0 Å². The summed E-state index contributed by atoms with van der Waals surface area (Å²) in [5, 5.41) is 53.0. The van der Waals surface area contributed by atoms with Crippen molar-refractivity contribution in [2.24, 2.45) is 40.9 Å². The Bertz CT molecular complexity index is 1780. The van der Waals surface area contributed by atoms with Gasteiger partial charge < -0.3 is 40.5 Å².